The largest absolute Gasteiger partial charge is 0.395 e. The number of nitrogens with one attached hydrogen (secondary N) is 1. The van der Waals surface area contributed by atoms with Crippen LogP contribution in [0.2, 0.25) is 0 Å². The van der Waals surface area contributed by atoms with Crippen LogP contribution in [0.3, 0.4) is 0 Å². The summed E-state index contributed by atoms with van der Waals surface area (Å²) < 4.78 is 0. The molecule has 5 heteroatoms. The highest BCUT2D eigenvalue weighted by atomic mass is 16.3. The Bertz CT molecular complexity index is 457. The molecule has 1 aliphatic rings. The minimum absolute atomic E-state index is 0.0760. The lowest BCUT2D eigenvalue weighted by molar-refractivity contribution is -0.122. The number of nitrogens with zero attached hydrogens (tertiary/aromatic N) is 2. The maximum Gasteiger partial charge on any atom is 0.234 e. The van der Waals surface area contributed by atoms with Gasteiger partial charge in [-0.1, -0.05) is 29.8 Å². The molecule has 5 nitrogen and oxygen atoms in total. The third-order valence-electron chi connectivity index (χ3n) is 3.82. The van der Waals surface area contributed by atoms with Crippen molar-refractivity contribution in [1.29, 1.82) is 0 Å². The van der Waals surface area contributed by atoms with Gasteiger partial charge in [-0.25, -0.2) is 0 Å². The van der Waals surface area contributed by atoms with E-state index < -0.39 is 0 Å². The summed E-state index contributed by atoms with van der Waals surface area (Å²) in [5.74, 6) is 0.0760. The summed E-state index contributed by atoms with van der Waals surface area (Å²) in [7, 11) is 0. The van der Waals surface area contributed by atoms with E-state index in [4.69, 9.17) is 5.11 Å². The van der Waals surface area contributed by atoms with Gasteiger partial charge >= 0.3 is 0 Å². The number of benzene rings is 1. The fraction of sp³-hybridized carbons (Fsp3) is 0.562. The van der Waals surface area contributed by atoms with E-state index in [0.717, 1.165) is 38.3 Å². The summed E-state index contributed by atoms with van der Waals surface area (Å²) in [4.78, 5) is 16.4. The van der Waals surface area contributed by atoms with Gasteiger partial charge in [-0.3, -0.25) is 14.6 Å². The van der Waals surface area contributed by atoms with Crippen LogP contribution in [0.25, 0.3) is 0 Å². The first kappa shape index (κ1) is 15.9. The number of aryl methyl sites for hydroxylation is 1. The first-order valence-electron chi connectivity index (χ1n) is 7.55. The second kappa shape index (κ2) is 8.12. The Kier molecular flexibility index (Phi) is 6.17. The molecule has 0 saturated carbocycles. The Morgan fingerprint density at radius 2 is 1.95 bits per heavy atom. The molecule has 1 fully saturated rings. The lowest BCUT2D eigenvalue weighted by Gasteiger charge is -2.33. The van der Waals surface area contributed by atoms with E-state index in [1.54, 1.807) is 0 Å². The number of hydrogen-bond donors (Lipinski definition) is 2. The van der Waals surface area contributed by atoms with Crippen LogP contribution < -0.4 is 5.32 Å². The summed E-state index contributed by atoms with van der Waals surface area (Å²) in [5.41, 5.74) is 2.35. The minimum Gasteiger partial charge on any atom is -0.395 e. The monoisotopic (exact) mass is 291 g/mol. The van der Waals surface area contributed by atoms with Crippen LogP contribution in [0.1, 0.15) is 11.1 Å². The third kappa shape index (κ3) is 5.46. The Hall–Kier alpha value is -1.43. The van der Waals surface area contributed by atoms with E-state index >= 15 is 0 Å². The Morgan fingerprint density at radius 1 is 1.24 bits per heavy atom. The van der Waals surface area contributed by atoms with Crippen molar-refractivity contribution in [3.8, 4) is 0 Å². The zero-order chi connectivity index (χ0) is 15.1. The van der Waals surface area contributed by atoms with E-state index in [9.17, 15) is 4.79 Å². The summed E-state index contributed by atoms with van der Waals surface area (Å²) in [6, 6.07) is 8.18. The molecule has 1 amide bonds. The van der Waals surface area contributed by atoms with Gasteiger partial charge in [-0.15, -0.1) is 0 Å². The van der Waals surface area contributed by atoms with Crippen molar-refractivity contribution in [3.05, 3.63) is 35.4 Å². The number of aliphatic hydroxyl groups excluding tert-OH is 1. The fourth-order valence-electron chi connectivity index (χ4n) is 2.59. The van der Waals surface area contributed by atoms with Gasteiger partial charge in [0.15, 0.2) is 0 Å². The van der Waals surface area contributed by atoms with Crippen LogP contribution in [0.4, 0.5) is 0 Å². The molecule has 0 spiro atoms. The Labute approximate surface area is 126 Å². The van der Waals surface area contributed by atoms with Gasteiger partial charge < -0.3 is 10.4 Å². The summed E-state index contributed by atoms with van der Waals surface area (Å²) in [6.07, 6.45) is 0. The molecule has 1 aromatic rings. The molecule has 1 aromatic carbocycles. The number of β-amino-alcohol motifs (C(OH)–C–C–N with tert-alkyl or cyclic N) is 1. The average Bonchev–Trinajstić information content (AvgIpc) is 2.48. The topological polar surface area (TPSA) is 55.8 Å². The predicted octanol–water partition coefficient (Wildman–Crippen LogP) is 0.221. The summed E-state index contributed by atoms with van der Waals surface area (Å²) >= 11 is 0. The minimum atomic E-state index is 0.0760. The molecule has 0 bridgehead atoms. The molecule has 0 aliphatic carbocycles. The smallest absolute Gasteiger partial charge is 0.234 e. The maximum atomic E-state index is 12.0. The van der Waals surface area contributed by atoms with Crippen LogP contribution in [0.5, 0.6) is 0 Å². The van der Waals surface area contributed by atoms with Gasteiger partial charge in [-0.2, -0.15) is 0 Å². The first-order chi connectivity index (χ1) is 10.2. The highest BCUT2D eigenvalue weighted by Gasteiger charge is 2.18. The van der Waals surface area contributed by atoms with Gasteiger partial charge in [-0.05, 0) is 12.5 Å². The molecule has 2 rings (SSSR count). The predicted molar refractivity (Wildman–Crippen MR) is 83.0 cm³/mol. The molecule has 0 unspecified atom stereocenters. The lowest BCUT2D eigenvalue weighted by atomic mass is 10.1. The Balaban J connectivity index is 1.68. The SMILES string of the molecule is Cc1cccc(CNC(=O)CN2CCN(CCO)CC2)c1. The molecule has 1 heterocycles. The summed E-state index contributed by atoms with van der Waals surface area (Å²) in [6.45, 7) is 7.65. The van der Waals surface area contributed by atoms with Crippen molar-refractivity contribution in [2.24, 2.45) is 0 Å². The maximum absolute atomic E-state index is 12.0. The zero-order valence-electron chi connectivity index (χ0n) is 12.7. The number of aliphatic hydroxyl groups is 1. The first-order valence-corrected chi connectivity index (χ1v) is 7.55. The normalized spacial score (nSPS) is 16.9. The van der Waals surface area contributed by atoms with Gasteiger partial charge in [0.25, 0.3) is 0 Å². The van der Waals surface area contributed by atoms with Gasteiger partial charge in [0.2, 0.25) is 5.91 Å². The zero-order valence-corrected chi connectivity index (χ0v) is 12.7. The molecule has 116 valence electrons. The molecule has 1 saturated heterocycles. The fourth-order valence-corrected chi connectivity index (χ4v) is 2.59. The Morgan fingerprint density at radius 3 is 2.62 bits per heavy atom. The second-order valence-corrected chi connectivity index (χ2v) is 5.61. The number of carbonyl (C=O) groups is 1. The van der Waals surface area contributed by atoms with Crippen LogP contribution in [-0.2, 0) is 11.3 Å². The third-order valence-corrected chi connectivity index (χ3v) is 3.82. The quantitative estimate of drug-likeness (QED) is 0.787. The number of rotatable bonds is 6. The van der Waals surface area contributed by atoms with Crippen molar-refractivity contribution in [2.45, 2.75) is 13.5 Å². The van der Waals surface area contributed by atoms with Gasteiger partial charge in [0, 0.05) is 39.3 Å². The molecule has 0 radical (unpaired) electrons. The lowest BCUT2D eigenvalue weighted by Crippen LogP contribution is -2.49. The van der Waals surface area contributed by atoms with Crippen LogP contribution in [0, 0.1) is 6.92 Å². The highest BCUT2D eigenvalue weighted by Crippen LogP contribution is 2.04. The van der Waals surface area contributed by atoms with E-state index in [0.29, 0.717) is 13.1 Å². The van der Waals surface area contributed by atoms with Crippen LogP contribution >= 0.6 is 0 Å². The molecule has 1 aliphatic heterocycles. The van der Waals surface area contributed by atoms with Gasteiger partial charge in [0.1, 0.15) is 0 Å². The van der Waals surface area contributed by atoms with E-state index in [2.05, 4.69) is 34.2 Å². The highest BCUT2D eigenvalue weighted by molar-refractivity contribution is 5.78. The van der Waals surface area contributed by atoms with Crippen LogP contribution in [-0.4, -0.2) is 66.7 Å². The molecule has 2 N–H and O–H groups in total. The number of carbonyl (C=O) groups excluding carboxylic acids is 1. The average molecular weight is 291 g/mol. The van der Waals surface area contributed by atoms with Crippen molar-refractivity contribution in [2.75, 3.05) is 45.9 Å². The van der Waals surface area contributed by atoms with Crippen molar-refractivity contribution >= 4 is 5.91 Å². The van der Waals surface area contributed by atoms with E-state index in [-0.39, 0.29) is 12.5 Å². The van der Waals surface area contributed by atoms with Crippen molar-refractivity contribution in [3.63, 3.8) is 0 Å². The van der Waals surface area contributed by atoms with Gasteiger partial charge in [0.05, 0.1) is 13.2 Å². The number of amides is 1. The molecular formula is C16H25N3O2. The van der Waals surface area contributed by atoms with Crippen LogP contribution in [0.15, 0.2) is 24.3 Å². The summed E-state index contributed by atoms with van der Waals surface area (Å²) in [5, 5.41) is 11.9. The van der Waals surface area contributed by atoms with E-state index in [1.807, 2.05) is 12.1 Å². The molecule has 0 atom stereocenters. The molecule has 21 heavy (non-hydrogen) atoms. The number of piperazine rings is 1. The molecular weight excluding hydrogens is 266 g/mol. The van der Waals surface area contributed by atoms with E-state index in [1.165, 1.54) is 5.56 Å². The standard InChI is InChI=1S/C16H25N3O2/c1-14-3-2-4-15(11-14)12-17-16(21)13-19-7-5-18(6-8-19)9-10-20/h2-4,11,20H,5-10,12-13H2,1H3,(H,17,21). The number of hydrogen-bond acceptors (Lipinski definition) is 4. The molecule has 0 aromatic heterocycles. The second-order valence-electron chi connectivity index (χ2n) is 5.61. The van der Waals surface area contributed by atoms with Crippen molar-refractivity contribution < 1.29 is 9.90 Å². The van der Waals surface area contributed by atoms with Crippen molar-refractivity contribution in [1.82, 2.24) is 15.1 Å².